The van der Waals surface area contributed by atoms with Crippen molar-refractivity contribution in [2.24, 2.45) is 0 Å². The van der Waals surface area contributed by atoms with Crippen LogP contribution in [-0.2, 0) is 6.54 Å². The molecule has 2 rings (SSSR count). The smallest absolute Gasteiger partial charge is 0.317 e. The van der Waals surface area contributed by atoms with Crippen molar-refractivity contribution in [1.29, 1.82) is 0 Å². The van der Waals surface area contributed by atoms with Crippen LogP contribution >= 0.6 is 0 Å². The number of nitrogens with one attached hydrogen (secondary N) is 1. The molecule has 0 aromatic heterocycles. The fourth-order valence-corrected chi connectivity index (χ4v) is 2.36. The third-order valence-electron chi connectivity index (χ3n) is 3.83. The summed E-state index contributed by atoms with van der Waals surface area (Å²) in [6.45, 7) is 7.37. The monoisotopic (exact) mass is 356 g/mol. The van der Waals surface area contributed by atoms with Crippen LogP contribution in [0, 0.1) is 6.92 Å². The van der Waals surface area contributed by atoms with Gasteiger partial charge < -0.3 is 19.7 Å². The fraction of sp³-hybridized carbons (Fsp3) is 0.381. The van der Waals surface area contributed by atoms with Gasteiger partial charge in [0.15, 0.2) is 0 Å². The van der Waals surface area contributed by atoms with E-state index < -0.39 is 0 Å². The normalized spacial score (nSPS) is 10.5. The second-order valence-electron chi connectivity index (χ2n) is 6.52. The van der Waals surface area contributed by atoms with Crippen LogP contribution in [0.15, 0.2) is 48.5 Å². The first-order valence-electron chi connectivity index (χ1n) is 8.88. The molecule has 0 atom stereocenters. The first-order valence-corrected chi connectivity index (χ1v) is 8.88. The maximum atomic E-state index is 12.3. The molecule has 2 aromatic rings. The number of rotatable bonds is 8. The quantitative estimate of drug-likeness (QED) is 0.778. The average Bonchev–Trinajstić information content (AvgIpc) is 2.61. The Bertz CT molecular complexity index is 699. The summed E-state index contributed by atoms with van der Waals surface area (Å²) in [4.78, 5) is 13.9. The van der Waals surface area contributed by atoms with Gasteiger partial charge in [-0.25, -0.2) is 4.79 Å². The van der Waals surface area contributed by atoms with E-state index >= 15 is 0 Å². The minimum Gasteiger partial charge on any atom is -0.492 e. The second-order valence-corrected chi connectivity index (χ2v) is 6.52. The molecule has 140 valence electrons. The molecule has 1 N–H and O–H groups in total. The first kappa shape index (κ1) is 19.6. The zero-order valence-corrected chi connectivity index (χ0v) is 16.0. The number of likely N-dealkylation sites (N-methyl/N-ethyl adjacent to an activating group) is 1. The minimum absolute atomic E-state index is 0.0912. The zero-order valence-electron chi connectivity index (χ0n) is 16.0. The topological polar surface area (TPSA) is 50.8 Å². The van der Waals surface area contributed by atoms with Gasteiger partial charge in [-0.2, -0.15) is 0 Å². The maximum absolute atomic E-state index is 12.3. The Morgan fingerprint density at radius 3 is 2.50 bits per heavy atom. The first-order chi connectivity index (χ1) is 12.5. The summed E-state index contributed by atoms with van der Waals surface area (Å²) in [7, 11) is 1.75. The van der Waals surface area contributed by atoms with Crippen LogP contribution in [0.4, 0.5) is 4.79 Å². The maximum Gasteiger partial charge on any atom is 0.317 e. The molecule has 5 nitrogen and oxygen atoms in total. The molecule has 0 bridgehead atoms. The highest BCUT2D eigenvalue weighted by atomic mass is 16.5. The van der Waals surface area contributed by atoms with Crippen LogP contribution < -0.4 is 14.8 Å². The molecule has 2 aromatic carbocycles. The van der Waals surface area contributed by atoms with E-state index in [9.17, 15) is 4.79 Å². The van der Waals surface area contributed by atoms with Crippen molar-refractivity contribution >= 4 is 6.03 Å². The van der Waals surface area contributed by atoms with Gasteiger partial charge in [-0.3, -0.25) is 0 Å². The summed E-state index contributed by atoms with van der Waals surface area (Å²) in [5, 5.41) is 2.92. The molecule has 0 heterocycles. The zero-order chi connectivity index (χ0) is 18.9. The van der Waals surface area contributed by atoms with E-state index in [0.29, 0.717) is 19.7 Å². The molecular formula is C21H28N2O3. The van der Waals surface area contributed by atoms with E-state index in [2.05, 4.69) is 5.32 Å². The number of nitrogens with zero attached hydrogens (tertiary/aromatic N) is 1. The van der Waals surface area contributed by atoms with Gasteiger partial charge in [0.2, 0.25) is 0 Å². The van der Waals surface area contributed by atoms with Crippen LogP contribution in [0.2, 0.25) is 0 Å². The molecule has 0 fully saturated rings. The van der Waals surface area contributed by atoms with Gasteiger partial charge in [-0.05, 0) is 39.0 Å². The van der Waals surface area contributed by atoms with Crippen LogP contribution in [0.3, 0.4) is 0 Å². The Labute approximate surface area is 155 Å². The highest BCUT2D eigenvalue weighted by molar-refractivity contribution is 5.73. The molecule has 0 saturated heterocycles. The molecule has 5 heteroatoms. The second kappa shape index (κ2) is 9.70. The minimum atomic E-state index is -0.142. The number of urea groups is 1. The SMILES string of the molecule is Cc1ccc(OCCN(C)C(=O)NCc2ccccc2OC(C)C)cc1. The molecule has 26 heavy (non-hydrogen) atoms. The van der Waals surface area contributed by atoms with Gasteiger partial charge in [0.1, 0.15) is 18.1 Å². The van der Waals surface area contributed by atoms with Crippen LogP contribution in [0.1, 0.15) is 25.0 Å². The van der Waals surface area contributed by atoms with E-state index in [1.807, 2.05) is 69.3 Å². The standard InChI is InChI=1S/C21H28N2O3/c1-16(2)26-20-8-6-5-7-18(20)15-22-21(24)23(4)13-14-25-19-11-9-17(3)10-12-19/h5-12,16H,13-15H2,1-4H3,(H,22,24). The Hall–Kier alpha value is -2.69. The lowest BCUT2D eigenvalue weighted by Crippen LogP contribution is -2.39. The predicted molar refractivity (Wildman–Crippen MR) is 104 cm³/mol. The molecule has 0 radical (unpaired) electrons. The number of hydrogen-bond donors (Lipinski definition) is 1. The largest absolute Gasteiger partial charge is 0.492 e. The Morgan fingerprint density at radius 2 is 1.81 bits per heavy atom. The number of ether oxygens (including phenoxy) is 2. The van der Waals surface area contributed by atoms with Gasteiger partial charge in [-0.15, -0.1) is 0 Å². The van der Waals surface area contributed by atoms with Crippen molar-refractivity contribution in [3.05, 3.63) is 59.7 Å². The predicted octanol–water partition coefficient (Wildman–Crippen LogP) is 4.00. The lowest BCUT2D eigenvalue weighted by atomic mass is 10.2. The molecule has 0 aliphatic rings. The van der Waals surface area contributed by atoms with Crippen molar-refractivity contribution in [2.75, 3.05) is 20.2 Å². The summed E-state index contributed by atoms with van der Waals surface area (Å²) < 4.78 is 11.4. The molecular weight excluding hydrogens is 328 g/mol. The molecule has 0 aliphatic carbocycles. The molecule has 0 unspecified atom stereocenters. The van der Waals surface area contributed by atoms with Crippen LogP contribution in [-0.4, -0.2) is 37.2 Å². The van der Waals surface area contributed by atoms with E-state index in [1.54, 1.807) is 11.9 Å². The fourth-order valence-electron chi connectivity index (χ4n) is 2.36. The third-order valence-corrected chi connectivity index (χ3v) is 3.83. The van der Waals surface area contributed by atoms with Crippen molar-refractivity contribution in [2.45, 2.75) is 33.4 Å². The third kappa shape index (κ3) is 6.31. The van der Waals surface area contributed by atoms with Gasteiger partial charge in [0, 0.05) is 19.2 Å². The molecule has 0 saturated carbocycles. The lowest BCUT2D eigenvalue weighted by Gasteiger charge is -2.19. The lowest BCUT2D eigenvalue weighted by molar-refractivity contribution is 0.194. The Kier molecular flexibility index (Phi) is 7.33. The number of para-hydroxylation sites is 1. The van der Waals surface area contributed by atoms with Crippen molar-refractivity contribution in [3.8, 4) is 11.5 Å². The van der Waals surface area contributed by atoms with Crippen molar-refractivity contribution < 1.29 is 14.3 Å². The van der Waals surface area contributed by atoms with Gasteiger partial charge in [-0.1, -0.05) is 35.9 Å². The Morgan fingerprint density at radius 1 is 1.12 bits per heavy atom. The number of benzene rings is 2. The van der Waals surface area contributed by atoms with Crippen LogP contribution in [0.25, 0.3) is 0 Å². The van der Waals surface area contributed by atoms with Gasteiger partial charge >= 0.3 is 6.03 Å². The van der Waals surface area contributed by atoms with Crippen molar-refractivity contribution in [3.63, 3.8) is 0 Å². The summed E-state index contributed by atoms with van der Waals surface area (Å²) in [5.41, 5.74) is 2.15. The number of aryl methyl sites for hydroxylation is 1. The van der Waals surface area contributed by atoms with Crippen molar-refractivity contribution in [1.82, 2.24) is 10.2 Å². The molecule has 2 amide bonds. The van der Waals surface area contributed by atoms with E-state index in [0.717, 1.165) is 17.1 Å². The van der Waals surface area contributed by atoms with Gasteiger partial charge in [0.25, 0.3) is 0 Å². The number of amides is 2. The Balaban J connectivity index is 1.77. The summed E-state index contributed by atoms with van der Waals surface area (Å²) in [6.07, 6.45) is 0.0912. The average molecular weight is 356 g/mol. The number of carbonyl (C=O) groups is 1. The summed E-state index contributed by atoms with van der Waals surface area (Å²) >= 11 is 0. The number of carbonyl (C=O) groups excluding carboxylic acids is 1. The van der Waals surface area contributed by atoms with E-state index in [1.165, 1.54) is 5.56 Å². The highest BCUT2D eigenvalue weighted by Gasteiger charge is 2.10. The highest BCUT2D eigenvalue weighted by Crippen LogP contribution is 2.19. The summed E-state index contributed by atoms with van der Waals surface area (Å²) in [5.74, 6) is 1.61. The molecule has 0 aliphatic heterocycles. The van der Waals surface area contributed by atoms with E-state index in [-0.39, 0.29) is 12.1 Å². The summed E-state index contributed by atoms with van der Waals surface area (Å²) in [6, 6.07) is 15.5. The van der Waals surface area contributed by atoms with E-state index in [4.69, 9.17) is 9.47 Å². The van der Waals surface area contributed by atoms with Gasteiger partial charge in [0.05, 0.1) is 12.6 Å². The van der Waals surface area contributed by atoms with Crippen LogP contribution in [0.5, 0.6) is 11.5 Å². The molecule has 0 spiro atoms. The number of hydrogen-bond acceptors (Lipinski definition) is 3.